The molecule has 8 nitrogen and oxygen atoms in total. The molecule has 2 aliphatic rings. The number of hydrogen-bond acceptors (Lipinski definition) is 6. The highest BCUT2D eigenvalue weighted by Gasteiger charge is 2.42. The lowest BCUT2D eigenvalue weighted by atomic mass is 9.83. The van der Waals surface area contributed by atoms with Crippen LogP contribution in [-0.4, -0.2) is 41.5 Å². The molecule has 1 amide bonds. The van der Waals surface area contributed by atoms with Crippen LogP contribution in [0.3, 0.4) is 0 Å². The average Bonchev–Trinajstić information content (AvgIpc) is 2.87. The number of fused-ring (bicyclic) bond motifs is 3. The van der Waals surface area contributed by atoms with Gasteiger partial charge in [0.05, 0.1) is 27.6 Å². The third-order valence-corrected chi connectivity index (χ3v) is 6.97. The Morgan fingerprint density at radius 3 is 2.68 bits per heavy atom. The van der Waals surface area contributed by atoms with Crippen molar-refractivity contribution in [1.82, 2.24) is 10.3 Å². The number of nitrogens with one attached hydrogen (secondary N) is 1. The number of halogens is 1. The fourth-order valence-electron chi connectivity index (χ4n) is 4.97. The second-order valence-electron chi connectivity index (χ2n) is 8.61. The molecule has 1 N–H and O–H groups in total. The zero-order valence-electron chi connectivity index (χ0n) is 18.4. The van der Waals surface area contributed by atoms with Crippen molar-refractivity contribution in [2.24, 2.45) is 5.92 Å². The lowest BCUT2D eigenvalue weighted by Crippen LogP contribution is -2.61. The van der Waals surface area contributed by atoms with E-state index >= 15 is 0 Å². The number of carbonyl (C=O) groups is 1. The number of anilines is 2. The number of amides is 1. The molecule has 1 aromatic heterocycles. The summed E-state index contributed by atoms with van der Waals surface area (Å²) in [6.45, 7) is 2.46. The van der Waals surface area contributed by atoms with Gasteiger partial charge < -0.3 is 15.1 Å². The van der Waals surface area contributed by atoms with Gasteiger partial charge in [0.25, 0.3) is 5.69 Å². The van der Waals surface area contributed by atoms with E-state index in [1.54, 1.807) is 24.5 Å². The highest BCUT2D eigenvalue weighted by molar-refractivity contribution is 6.33. The van der Waals surface area contributed by atoms with E-state index < -0.39 is 0 Å². The molecule has 2 atom stereocenters. The van der Waals surface area contributed by atoms with Gasteiger partial charge in [-0.1, -0.05) is 23.7 Å². The summed E-state index contributed by atoms with van der Waals surface area (Å²) in [5.41, 5.74) is 3.76. The summed E-state index contributed by atoms with van der Waals surface area (Å²) in [5.74, 6) is -0.424. The fraction of sp³-hybridized carbons (Fsp3) is 0.280. The maximum absolute atomic E-state index is 13.4. The number of nitro groups is 1. The molecule has 34 heavy (non-hydrogen) atoms. The van der Waals surface area contributed by atoms with E-state index in [0.29, 0.717) is 31.1 Å². The van der Waals surface area contributed by atoms with E-state index in [4.69, 9.17) is 11.6 Å². The van der Waals surface area contributed by atoms with E-state index in [9.17, 15) is 14.9 Å². The van der Waals surface area contributed by atoms with Crippen LogP contribution in [0.2, 0.25) is 5.02 Å². The molecule has 0 saturated carbocycles. The zero-order chi connectivity index (χ0) is 23.7. The van der Waals surface area contributed by atoms with Crippen LogP contribution in [0.25, 0.3) is 0 Å². The monoisotopic (exact) mass is 477 g/mol. The molecular formula is C25H24ClN5O3. The van der Waals surface area contributed by atoms with Crippen LogP contribution in [0.15, 0.2) is 67.0 Å². The molecule has 1 fully saturated rings. The first-order valence-electron chi connectivity index (χ1n) is 11.2. The topological polar surface area (TPSA) is 91.6 Å². The lowest BCUT2D eigenvalue weighted by molar-refractivity contribution is -0.384. The van der Waals surface area contributed by atoms with Crippen LogP contribution in [-0.2, 0) is 17.8 Å². The van der Waals surface area contributed by atoms with Gasteiger partial charge in [-0.2, -0.15) is 0 Å². The van der Waals surface area contributed by atoms with E-state index in [1.807, 2.05) is 42.5 Å². The second-order valence-corrected chi connectivity index (χ2v) is 9.02. The summed E-state index contributed by atoms with van der Waals surface area (Å²) in [4.78, 5) is 32.9. The number of pyridine rings is 1. The molecule has 2 aromatic carbocycles. The van der Waals surface area contributed by atoms with E-state index in [2.05, 4.69) is 20.1 Å². The van der Waals surface area contributed by atoms with Crippen molar-refractivity contribution in [2.45, 2.75) is 19.0 Å². The molecule has 3 aromatic rings. The number of hydrogen-bond donors (Lipinski definition) is 1. The number of para-hydroxylation sites is 1. The predicted molar refractivity (Wildman–Crippen MR) is 131 cm³/mol. The molecule has 0 bridgehead atoms. The van der Waals surface area contributed by atoms with Gasteiger partial charge in [0.15, 0.2) is 0 Å². The average molecular weight is 478 g/mol. The van der Waals surface area contributed by atoms with Crippen LogP contribution >= 0.6 is 11.6 Å². The molecule has 9 heteroatoms. The number of rotatable bonds is 5. The van der Waals surface area contributed by atoms with Crippen molar-refractivity contribution >= 4 is 34.6 Å². The Balaban J connectivity index is 1.45. The van der Waals surface area contributed by atoms with Gasteiger partial charge in [-0.25, -0.2) is 0 Å². The maximum Gasteiger partial charge on any atom is 0.269 e. The molecule has 3 heterocycles. The first-order chi connectivity index (χ1) is 16.5. The number of nitrogens with zero attached hydrogens (tertiary/aromatic N) is 4. The van der Waals surface area contributed by atoms with Gasteiger partial charge in [-0.3, -0.25) is 19.9 Å². The summed E-state index contributed by atoms with van der Waals surface area (Å²) in [6.07, 6.45) is 3.83. The zero-order valence-corrected chi connectivity index (χ0v) is 19.2. The molecule has 0 spiro atoms. The molecular weight excluding hydrogens is 454 g/mol. The van der Waals surface area contributed by atoms with Gasteiger partial charge in [0, 0.05) is 56.4 Å². The van der Waals surface area contributed by atoms with Crippen molar-refractivity contribution in [3.8, 4) is 0 Å². The summed E-state index contributed by atoms with van der Waals surface area (Å²) in [7, 11) is 0. The Labute approximate surface area is 202 Å². The van der Waals surface area contributed by atoms with E-state index in [-0.39, 0.29) is 28.5 Å². The predicted octanol–water partition coefficient (Wildman–Crippen LogP) is 3.83. The Bertz CT molecular complexity index is 1220. The van der Waals surface area contributed by atoms with Crippen molar-refractivity contribution in [3.63, 3.8) is 0 Å². The molecule has 2 aliphatic heterocycles. The maximum atomic E-state index is 13.4. The Morgan fingerprint density at radius 1 is 1.12 bits per heavy atom. The van der Waals surface area contributed by atoms with Gasteiger partial charge in [-0.05, 0) is 47.9 Å². The quantitative estimate of drug-likeness (QED) is 0.443. The Hall–Kier alpha value is -3.65. The fourth-order valence-corrected chi connectivity index (χ4v) is 5.23. The Morgan fingerprint density at radius 2 is 1.91 bits per heavy atom. The van der Waals surface area contributed by atoms with Gasteiger partial charge in [0.2, 0.25) is 5.91 Å². The van der Waals surface area contributed by atoms with Crippen molar-refractivity contribution in [2.75, 3.05) is 29.4 Å². The molecule has 5 rings (SSSR count). The minimum Gasteiger partial charge on any atom is -0.366 e. The smallest absolute Gasteiger partial charge is 0.269 e. The van der Waals surface area contributed by atoms with Crippen molar-refractivity contribution in [3.05, 3.63) is 93.3 Å². The standard InChI is InChI=1S/C25H24ClN5O3/c26-21-3-1-2-4-23(21)29-11-12-30-22-6-5-19(31(33)34)13-18(22)14-20(24(30)16-29)25(32)28-15-17-7-9-27-10-8-17/h1-10,13,20,24H,11-12,14-16H2,(H,28,32)/t20-,24+/m0/s1. The van der Waals surface area contributed by atoms with Crippen LogP contribution in [0.5, 0.6) is 0 Å². The number of aromatic nitrogens is 1. The lowest BCUT2D eigenvalue weighted by Gasteiger charge is -2.49. The molecule has 174 valence electrons. The third kappa shape index (κ3) is 4.28. The number of piperazine rings is 1. The Kier molecular flexibility index (Phi) is 6.06. The minimum atomic E-state index is -0.389. The van der Waals surface area contributed by atoms with Gasteiger partial charge in [0.1, 0.15) is 0 Å². The number of non-ortho nitro benzene ring substituents is 1. The SMILES string of the molecule is O=C(NCc1ccncc1)[C@H]1Cc2cc([N+](=O)[O-])ccc2N2CCN(c3ccccc3Cl)C[C@H]12. The van der Waals surface area contributed by atoms with Gasteiger partial charge >= 0.3 is 0 Å². The highest BCUT2D eigenvalue weighted by Crippen LogP contribution is 2.39. The molecule has 0 radical (unpaired) electrons. The largest absolute Gasteiger partial charge is 0.366 e. The number of nitro benzene ring substituents is 1. The van der Waals surface area contributed by atoms with Crippen molar-refractivity contribution < 1.29 is 9.72 Å². The first-order valence-corrected chi connectivity index (χ1v) is 11.6. The van der Waals surface area contributed by atoms with Crippen molar-refractivity contribution in [1.29, 1.82) is 0 Å². The van der Waals surface area contributed by atoms with Crippen LogP contribution in [0.4, 0.5) is 17.1 Å². The summed E-state index contributed by atoms with van der Waals surface area (Å²) < 4.78 is 0. The van der Waals surface area contributed by atoms with E-state index in [0.717, 1.165) is 29.0 Å². The summed E-state index contributed by atoms with van der Waals surface area (Å²) in [6, 6.07) is 16.3. The normalized spacial score (nSPS) is 19.2. The second kappa shape index (κ2) is 9.30. The highest BCUT2D eigenvalue weighted by atomic mass is 35.5. The molecule has 0 aliphatic carbocycles. The van der Waals surface area contributed by atoms with Crippen LogP contribution in [0, 0.1) is 16.0 Å². The van der Waals surface area contributed by atoms with Crippen LogP contribution < -0.4 is 15.1 Å². The molecule has 0 unspecified atom stereocenters. The first kappa shape index (κ1) is 22.2. The van der Waals surface area contributed by atoms with Crippen LogP contribution in [0.1, 0.15) is 11.1 Å². The number of benzene rings is 2. The van der Waals surface area contributed by atoms with Gasteiger partial charge in [-0.15, -0.1) is 0 Å². The third-order valence-electron chi connectivity index (χ3n) is 6.65. The molecule has 1 saturated heterocycles. The summed E-state index contributed by atoms with van der Waals surface area (Å²) >= 11 is 6.47. The van der Waals surface area contributed by atoms with E-state index in [1.165, 1.54) is 0 Å². The summed E-state index contributed by atoms with van der Waals surface area (Å²) in [5, 5.41) is 15.1. The minimum absolute atomic E-state index is 0.0443. The number of carbonyl (C=O) groups excluding carboxylic acids is 1.